The number of hydrogen-bond acceptors (Lipinski definition) is 3. The highest BCUT2D eigenvalue weighted by atomic mass is 79.9. The highest BCUT2D eigenvalue weighted by Crippen LogP contribution is 2.16. The first-order valence-electron chi connectivity index (χ1n) is 7.69. The van der Waals surface area contributed by atoms with Crippen LogP contribution in [0.15, 0.2) is 53.0 Å². The van der Waals surface area contributed by atoms with Crippen LogP contribution < -0.4 is 15.4 Å². The maximum atomic E-state index is 11.9. The summed E-state index contributed by atoms with van der Waals surface area (Å²) >= 11 is 3.38. The number of anilines is 2. The fourth-order valence-corrected chi connectivity index (χ4v) is 2.19. The number of benzene rings is 2. The largest absolute Gasteiger partial charge is 0.494 e. The van der Waals surface area contributed by atoms with Gasteiger partial charge in [-0.1, -0.05) is 29.3 Å². The van der Waals surface area contributed by atoms with E-state index in [1.807, 2.05) is 48.5 Å². The van der Waals surface area contributed by atoms with Crippen LogP contribution in [0.2, 0.25) is 0 Å². The molecule has 0 fully saturated rings. The van der Waals surface area contributed by atoms with Gasteiger partial charge >= 0.3 is 0 Å². The summed E-state index contributed by atoms with van der Waals surface area (Å²) in [6, 6.07) is 15.1. The summed E-state index contributed by atoms with van der Waals surface area (Å²) in [5, 5.41) is 5.93. The first-order valence-corrected chi connectivity index (χ1v) is 8.49. The third kappa shape index (κ3) is 6.32. The SMILES string of the molecule is CCCCOc1ccc(NC(=O)CNc2ccc(Br)cc2)cc1. The maximum Gasteiger partial charge on any atom is 0.243 e. The average molecular weight is 377 g/mol. The van der Waals surface area contributed by atoms with Gasteiger partial charge in [0.25, 0.3) is 0 Å². The normalized spacial score (nSPS) is 10.2. The van der Waals surface area contributed by atoms with Gasteiger partial charge in [-0.05, 0) is 55.0 Å². The molecule has 0 heterocycles. The molecule has 0 saturated heterocycles. The summed E-state index contributed by atoms with van der Waals surface area (Å²) in [5.74, 6) is 0.733. The number of carbonyl (C=O) groups is 1. The summed E-state index contributed by atoms with van der Waals surface area (Å²) < 4.78 is 6.60. The van der Waals surface area contributed by atoms with Crippen molar-refractivity contribution in [2.24, 2.45) is 0 Å². The lowest BCUT2D eigenvalue weighted by molar-refractivity contribution is -0.114. The molecular weight excluding hydrogens is 356 g/mol. The second kappa shape index (κ2) is 9.20. The molecule has 0 spiro atoms. The predicted molar refractivity (Wildman–Crippen MR) is 98.1 cm³/mol. The highest BCUT2D eigenvalue weighted by Gasteiger charge is 2.03. The van der Waals surface area contributed by atoms with Crippen LogP contribution in [0.1, 0.15) is 19.8 Å². The van der Waals surface area contributed by atoms with Gasteiger partial charge in [0.1, 0.15) is 5.75 Å². The van der Waals surface area contributed by atoms with Crippen molar-refractivity contribution in [3.05, 3.63) is 53.0 Å². The maximum absolute atomic E-state index is 11.9. The number of amides is 1. The van der Waals surface area contributed by atoms with Crippen LogP contribution in [0.25, 0.3) is 0 Å². The molecule has 0 atom stereocenters. The van der Waals surface area contributed by atoms with E-state index < -0.39 is 0 Å². The molecule has 23 heavy (non-hydrogen) atoms. The molecule has 1 amide bonds. The molecule has 0 aliphatic heterocycles. The lowest BCUT2D eigenvalue weighted by Gasteiger charge is -2.09. The number of nitrogens with one attached hydrogen (secondary N) is 2. The number of carbonyl (C=O) groups excluding carboxylic acids is 1. The average Bonchev–Trinajstić information content (AvgIpc) is 2.56. The molecule has 0 aliphatic rings. The van der Waals surface area contributed by atoms with Crippen molar-refractivity contribution in [3.63, 3.8) is 0 Å². The predicted octanol–water partition coefficient (Wildman–Crippen LogP) is 4.68. The molecule has 122 valence electrons. The van der Waals surface area contributed by atoms with E-state index in [1.165, 1.54) is 0 Å². The van der Waals surface area contributed by atoms with Gasteiger partial charge in [0, 0.05) is 15.8 Å². The summed E-state index contributed by atoms with van der Waals surface area (Å²) in [5.41, 5.74) is 1.67. The quantitative estimate of drug-likeness (QED) is 0.657. The van der Waals surface area contributed by atoms with E-state index >= 15 is 0 Å². The monoisotopic (exact) mass is 376 g/mol. The highest BCUT2D eigenvalue weighted by molar-refractivity contribution is 9.10. The Morgan fingerprint density at radius 3 is 2.35 bits per heavy atom. The van der Waals surface area contributed by atoms with Crippen molar-refractivity contribution < 1.29 is 9.53 Å². The Labute approximate surface area is 145 Å². The minimum atomic E-state index is -0.0902. The zero-order valence-electron chi connectivity index (χ0n) is 13.1. The molecule has 0 unspecified atom stereocenters. The van der Waals surface area contributed by atoms with Gasteiger partial charge in [-0.2, -0.15) is 0 Å². The van der Waals surface area contributed by atoms with E-state index in [0.29, 0.717) is 0 Å². The first kappa shape index (κ1) is 17.3. The van der Waals surface area contributed by atoms with Crippen molar-refractivity contribution in [2.45, 2.75) is 19.8 Å². The van der Waals surface area contributed by atoms with Crippen LogP contribution in [0, 0.1) is 0 Å². The molecule has 0 radical (unpaired) electrons. The topological polar surface area (TPSA) is 50.4 Å². The standard InChI is InChI=1S/C18H21BrN2O2/c1-2-3-12-23-17-10-8-16(9-11-17)21-18(22)13-20-15-6-4-14(19)5-7-15/h4-11,20H,2-3,12-13H2,1H3,(H,21,22). The van der Waals surface area contributed by atoms with Gasteiger partial charge in [-0.15, -0.1) is 0 Å². The smallest absolute Gasteiger partial charge is 0.243 e. The van der Waals surface area contributed by atoms with Gasteiger partial charge in [-0.25, -0.2) is 0 Å². The molecule has 2 aromatic carbocycles. The summed E-state index contributed by atoms with van der Waals surface area (Å²) in [7, 11) is 0. The van der Waals surface area contributed by atoms with Gasteiger partial charge < -0.3 is 15.4 Å². The van der Waals surface area contributed by atoms with Gasteiger partial charge in [0.05, 0.1) is 13.2 Å². The molecule has 0 bridgehead atoms. The third-order valence-electron chi connectivity index (χ3n) is 3.20. The fraction of sp³-hybridized carbons (Fsp3) is 0.278. The number of ether oxygens (including phenoxy) is 1. The van der Waals surface area contributed by atoms with Crippen LogP contribution in [-0.2, 0) is 4.79 Å². The van der Waals surface area contributed by atoms with Crippen LogP contribution in [0.3, 0.4) is 0 Å². The zero-order valence-corrected chi connectivity index (χ0v) is 14.7. The van der Waals surface area contributed by atoms with Gasteiger partial charge in [0.15, 0.2) is 0 Å². The van der Waals surface area contributed by atoms with Crippen LogP contribution in [0.4, 0.5) is 11.4 Å². The van der Waals surface area contributed by atoms with Crippen molar-refractivity contribution in [1.29, 1.82) is 0 Å². The number of unbranched alkanes of at least 4 members (excludes halogenated alkanes) is 1. The molecule has 2 N–H and O–H groups in total. The summed E-state index contributed by atoms with van der Waals surface area (Å²) in [6.45, 7) is 3.07. The Bertz CT molecular complexity index is 612. The Balaban J connectivity index is 1.77. The molecule has 0 aliphatic carbocycles. The lowest BCUT2D eigenvalue weighted by Crippen LogP contribution is -2.21. The van der Waals surface area contributed by atoms with Crippen LogP contribution in [-0.4, -0.2) is 19.1 Å². The Hall–Kier alpha value is -2.01. The molecule has 0 saturated carbocycles. The first-order chi connectivity index (χ1) is 11.2. The molecule has 2 aromatic rings. The third-order valence-corrected chi connectivity index (χ3v) is 3.73. The minimum absolute atomic E-state index is 0.0902. The van der Waals surface area contributed by atoms with E-state index in [-0.39, 0.29) is 12.5 Å². The Morgan fingerprint density at radius 1 is 1.04 bits per heavy atom. The Morgan fingerprint density at radius 2 is 1.70 bits per heavy atom. The Kier molecular flexibility index (Phi) is 6.94. The van der Waals surface area contributed by atoms with Gasteiger partial charge in [-0.3, -0.25) is 4.79 Å². The minimum Gasteiger partial charge on any atom is -0.494 e. The fourth-order valence-electron chi connectivity index (χ4n) is 1.92. The van der Waals surface area contributed by atoms with E-state index in [1.54, 1.807) is 0 Å². The van der Waals surface area contributed by atoms with Crippen molar-refractivity contribution in [1.82, 2.24) is 0 Å². The van der Waals surface area contributed by atoms with Gasteiger partial charge in [0.2, 0.25) is 5.91 Å². The number of rotatable bonds is 8. The van der Waals surface area contributed by atoms with Crippen molar-refractivity contribution >= 4 is 33.2 Å². The van der Waals surface area contributed by atoms with Crippen molar-refractivity contribution in [2.75, 3.05) is 23.8 Å². The second-order valence-electron chi connectivity index (χ2n) is 5.14. The molecular formula is C18H21BrN2O2. The van der Waals surface area contributed by atoms with Crippen LogP contribution in [0.5, 0.6) is 5.75 Å². The van der Waals surface area contributed by atoms with E-state index in [9.17, 15) is 4.79 Å². The van der Waals surface area contributed by atoms with E-state index in [4.69, 9.17) is 4.74 Å². The second-order valence-corrected chi connectivity index (χ2v) is 6.05. The molecule has 4 nitrogen and oxygen atoms in total. The number of hydrogen-bond donors (Lipinski definition) is 2. The zero-order chi connectivity index (χ0) is 16.5. The summed E-state index contributed by atoms with van der Waals surface area (Å²) in [4.78, 5) is 11.9. The van der Waals surface area contributed by atoms with E-state index in [0.717, 1.165) is 41.0 Å². The lowest BCUT2D eigenvalue weighted by atomic mass is 10.3. The number of halogens is 1. The molecule has 0 aromatic heterocycles. The molecule has 5 heteroatoms. The van der Waals surface area contributed by atoms with E-state index in [2.05, 4.69) is 33.5 Å². The molecule has 2 rings (SSSR count). The van der Waals surface area contributed by atoms with Crippen molar-refractivity contribution in [3.8, 4) is 5.75 Å². The van der Waals surface area contributed by atoms with Crippen LogP contribution >= 0.6 is 15.9 Å². The summed E-state index contributed by atoms with van der Waals surface area (Å²) in [6.07, 6.45) is 2.15.